The van der Waals surface area contributed by atoms with E-state index in [-0.39, 0.29) is 30.0 Å². The molecule has 1 unspecified atom stereocenters. The van der Waals surface area contributed by atoms with E-state index in [0.717, 1.165) is 53.7 Å². The summed E-state index contributed by atoms with van der Waals surface area (Å²) >= 11 is 0. The zero-order valence-corrected chi connectivity index (χ0v) is 18.3. The molecule has 1 aliphatic heterocycles. The molecule has 0 saturated carbocycles. The number of nitrogens with zero attached hydrogens (tertiary/aromatic N) is 4. The van der Waals surface area contributed by atoms with E-state index in [1.165, 1.54) is 0 Å². The fraction of sp³-hybridized carbons (Fsp3) is 0.421. The Hall–Kier alpha value is -2.14. The molecule has 1 atom stereocenters. The van der Waals surface area contributed by atoms with Gasteiger partial charge in [-0.3, -0.25) is 4.99 Å². The van der Waals surface area contributed by atoms with Crippen LogP contribution in [0.25, 0.3) is 11.0 Å². The molecule has 0 spiro atoms. The molecule has 1 aromatic carbocycles. The number of hydrogen-bond acceptors (Lipinski definition) is 5. The quantitative estimate of drug-likeness (QED) is 0.321. The summed E-state index contributed by atoms with van der Waals surface area (Å²) in [4.78, 5) is 8.84. The fourth-order valence-corrected chi connectivity index (χ4v) is 3.35. The number of ether oxygens (including phenoxy) is 1. The van der Waals surface area contributed by atoms with Crippen molar-refractivity contribution in [2.75, 3.05) is 14.2 Å². The van der Waals surface area contributed by atoms with Gasteiger partial charge in [-0.05, 0) is 18.6 Å². The molecule has 0 saturated heterocycles. The third-order valence-electron chi connectivity index (χ3n) is 4.65. The number of fused-ring (bicyclic) bond motifs is 2. The number of nitrogens with one attached hydrogen (secondary N) is 2. The van der Waals surface area contributed by atoms with Crippen LogP contribution in [0.1, 0.15) is 23.8 Å². The van der Waals surface area contributed by atoms with Crippen molar-refractivity contribution in [3.05, 3.63) is 47.7 Å². The largest absolute Gasteiger partial charge is 0.459 e. The molecule has 0 aliphatic carbocycles. The van der Waals surface area contributed by atoms with Crippen molar-refractivity contribution < 1.29 is 9.15 Å². The molecule has 0 bridgehead atoms. The van der Waals surface area contributed by atoms with E-state index in [0.29, 0.717) is 13.2 Å². The zero-order valence-electron chi connectivity index (χ0n) is 16.0. The molecule has 3 aromatic rings. The Balaban J connectivity index is 0.00000225. The molecule has 150 valence electrons. The van der Waals surface area contributed by atoms with E-state index in [9.17, 15) is 0 Å². The van der Waals surface area contributed by atoms with Crippen molar-refractivity contribution in [3.8, 4) is 0 Å². The Bertz CT molecular complexity index is 918. The topological polar surface area (TPSA) is 89.5 Å². The first-order chi connectivity index (χ1) is 13.2. The number of rotatable bonds is 5. The van der Waals surface area contributed by atoms with Gasteiger partial charge in [-0.25, -0.2) is 9.67 Å². The standard InChI is InChI=1S/C19H24N6O2.HI/c1-20-19(21-10-15-9-13-5-3-4-6-16(13)27-15)22-14-7-8-18-23-17(12-26-2)24-25(18)11-14;/h3-6,9,14H,7-8,10-12H2,1-2H3,(H2,20,21,22);1H. The van der Waals surface area contributed by atoms with E-state index < -0.39 is 0 Å². The highest BCUT2D eigenvalue weighted by molar-refractivity contribution is 14.0. The van der Waals surface area contributed by atoms with Gasteiger partial charge in [-0.2, -0.15) is 5.10 Å². The van der Waals surface area contributed by atoms with Gasteiger partial charge in [0.25, 0.3) is 0 Å². The summed E-state index contributed by atoms with van der Waals surface area (Å²) in [7, 11) is 3.43. The predicted molar refractivity (Wildman–Crippen MR) is 118 cm³/mol. The highest BCUT2D eigenvalue weighted by Crippen LogP contribution is 2.18. The third-order valence-corrected chi connectivity index (χ3v) is 4.65. The minimum Gasteiger partial charge on any atom is -0.459 e. The lowest BCUT2D eigenvalue weighted by atomic mass is 10.1. The van der Waals surface area contributed by atoms with E-state index in [2.05, 4.69) is 31.8 Å². The number of benzene rings is 1. The van der Waals surface area contributed by atoms with Gasteiger partial charge in [0, 0.05) is 32.0 Å². The van der Waals surface area contributed by atoms with Crippen LogP contribution in [0, 0.1) is 0 Å². The summed E-state index contributed by atoms with van der Waals surface area (Å²) in [5.41, 5.74) is 0.898. The number of aromatic nitrogens is 3. The van der Waals surface area contributed by atoms with E-state index >= 15 is 0 Å². The summed E-state index contributed by atoms with van der Waals surface area (Å²) in [6, 6.07) is 10.3. The van der Waals surface area contributed by atoms with Crippen LogP contribution < -0.4 is 10.6 Å². The Labute approximate surface area is 180 Å². The van der Waals surface area contributed by atoms with Gasteiger partial charge in [0.1, 0.15) is 23.8 Å². The van der Waals surface area contributed by atoms with Gasteiger partial charge < -0.3 is 19.8 Å². The summed E-state index contributed by atoms with van der Waals surface area (Å²) in [5.74, 6) is 3.39. The van der Waals surface area contributed by atoms with Gasteiger partial charge in [0.15, 0.2) is 11.8 Å². The Morgan fingerprint density at radius 2 is 2.25 bits per heavy atom. The van der Waals surface area contributed by atoms with Crippen molar-refractivity contribution >= 4 is 40.9 Å². The van der Waals surface area contributed by atoms with Crippen LogP contribution in [0.2, 0.25) is 0 Å². The maximum Gasteiger partial charge on any atom is 0.191 e. The van der Waals surface area contributed by atoms with Crippen LogP contribution in [0.5, 0.6) is 0 Å². The number of aliphatic imine (C=N–C) groups is 1. The predicted octanol–water partition coefficient (Wildman–Crippen LogP) is 2.47. The molecule has 3 heterocycles. The van der Waals surface area contributed by atoms with E-state index in [1.54, 1.807) is 14.2 Å². The van der Waals surface area contributed by atoms with Crippen molar-refractivity contribution in [1.29, 1.82) is 0 Å². The molecule has 28 heavy (non-hydrogen) atoms. The molecular weight excluding hydrogens is 471 g/mol. The van der Waals surface area contributed by atoms with Crippen LogP contribution >= 0.6 is 24.0 Å². The fourth-order valence-electron chi connectivity index (χ4n) is 3.35. The van der Waals surface area contributed by atoms with Gasteiger partial charge in [0.2, 0.25) is 0 Å². The number of methoxy groups -OCH3 is 1. The van der Waals surface area contributed by atoms with Crippen LogP contribution in [0.3, 0.4) is 0 Å². The average molecular weight is 496 g/mol. The summed E-state index contributed by atoms with van der Waals surface area (Å²) in [6.45, 7) is 1.78. The van der Waals surface area contributed by atoms with Crippen molar-refractivity contribution in [3.63, 3.8) is 0 Å². The Kier molecular flexibility index (Phi) is 6.89. The highest BCUT2D eigenvalue weighted by atomic mass is 127. The molecule has 9 heteroatoms. The molecular formula is C19H25IN6O2. The second kappa shape index (κ2) is 9.37. The number of hydrogen-bond donors (Lipinski definition) is 2. The zero-order chi connectivity index (χ0) is 18.6. The van der Waals surface area contributed by atoms with E-state index in [1.807, 2.05) is 28.9 Å². The van der Waals surface area contributed by atoms with Crippen LogP contribution in [0.15, 0.2) is 39.7 Å². The third kappa shape index (κ3) is 4.64. The van der Waals surface area contributed by atoms with Crippen molar-refractivity contribution in [2.45, 2.75) is 38.6 Å². The Morgan fingerprint density at radius 3 is 3.04 bits per heavy atom. The van der Waals surface area contributed by atoms with Gasteiger partial charge in [-0.15, -0.1) is 24.0 Å². The molecule has 1 aliphatic rings. The lowest BCUT2D eigenvalue weighted by molar-refractivity contribution is 0.177. The van der Waals surface area contributed by atoms with E-state index in [4.69, 9.17) is 9.15 Å². The SMILES string of the molecule is CN=C(NCc1cc2ccccc2o1)NC1CCc2nc(COC)nn2C1.I. The monoisotopic (exact) mass is 496 g/mol. The Morgan fingerprint density at radius 1 is 1.39 bits per heavy atom. The number of halogens is 1. The molecule has 4 rings (SSSR count). The second-order valence-electron chi connectivity index (χ2n) is 6.62. The maximum absolute atomic E-state index is 5.85. The second-order valence-corrected chi connectivity index (χ2v) is 6.62. The molecule has 2 N–H and O–H groups in total. The van der Waals surface area contributed by atoms with Crippen LogP contribution in [-0.2, 0) is 30.9 Å². The number of guanidine groups is 1. The van der Waals surface area contributed by atoms with Gasteiger partial charge in [-0.1, -0.05) is 18.2 Å². The first-order valence-corrected chi connectivity index (χ1v) is 9.11. The summed E-state index contributed by atoms with van der Waals surface area (Å²) in [6.07, 6.45) is 1.87. The van der Waals surface area contributed by atoms with Gasteiger partial charge >= 0.3 is 0 Å². The number of furan rings is 1. The van der Waals surface area contributed by atoms with Crippen molar-refractivity contribution in [2.24, 2.45) is 4.99 Å². The molecule has 0 amide bonds. The van der Waals surface area contributed by atoms with Crippen LogP contribution in [0.4, 0.5) is 0 Å². The smallest absolute Gasteiger partial charge is 0.191 e. The molecule has 2 aromatic heterocycles. The molecule has 8 nitrogen and oxygen atoms in total. The molecule has 0 fully saturated rings. The summed E-state index contributed by atoms with van der Waals surface area (Å²) in [5, 5.41) is 12.4. The highest BCUT2D eigenvalue weighted by Gasteiger charge is 2.22. The molecule has 0 radical (unpaired) electrons. The number of para-hydroxylation sites is 1. The van der Waals surface area contributed by atoms with Crippen molar-refractivity contribution in [1.82, 2.24) is 25.4 Å². The minimum absolute atomic E-state index is 0. The van der Waals surface area contributed by atoms with Gasteiger partial charge in [0.05, 0.1) is 13.1 Å². The normalized spacial score (nSPS) is 16.5. The summed E-state index contributed by atoms with van der Waals surface area (Å²) < 4.78 is 12.9. The van der Waals surface area contributed by atoms with Crippen LogP contribution in [-0.4, -0.2) is 40.9 Å². The first-order valence-electron chi connectivity index (χ1n) is 9.11. The maximum atomic E-state index is 5.85. The minimum atomic E-state index is 0. The number of aryl methyl sites for hydroxylation is 1. The lowest BCUT2D eigenvalue weighted by Crippen LogP contribution is -2.46. The average Bonchev–Trinajstić information content (AvgIpc) is 3.27. The lowest BCUT2D eigenvalue weighted by Gasteiger charge is -2.25. The first kappa shape index (κ1) is 20.6.